The Bertz CT molecular complexity index is 352. The lowest BCUT2D eigenvalue weighted by Gasteiger charge is -2.10. The van der Waals surface area contributed by atoms with Crippen molar-refractivity contribution in [2.45, 2.75) is 39.7 Å². The monoisotopic (exact) mass is 261 g/mol. The molecule has 0 radical (unpaired) electrons. The lowest BCUT2D eigenvalue weighted by atomic mass is 10.0. The molecule has 1 aliphatic rings. The lowest BCUT2D eigenvalue weighted by Crippen LogP contribution is -2.18. The maximum atomic E-state index is 5.39. The highest BCUT2D eigenvalue weighted by Gasteiger charge is 2.14. The molecule has 2 rings (SSSR count). The number of benzene rings is 1. The van der Waals surface area contributed by atoms with Gasteiger partial charge >= 0.3 is 0 Å². The summed E-state index contributed by atoms with van der Waals surface area (Å²) in [4.78, 5) is 0. The second-order valence-electron chi connectivity index (χ2n) is 6.11. The molecule has 1 aromatic rings. The van der Waals surface area contributed by atoms with Gasteiger partial charge in [-0.1, -0.05) is 38.1 Å². The van der Waals surface area contributed by atoms with Crippen molar-refractivity contribution in [2.24, 2.45) is 11.8 Å². The van der Waals surface area contributed by atoms with Crippen molar-refractivity contribution in [1.29, 1.82) is 0 Å². The fraction of sp³-hybridized carbons (Fsp3) is 0.647. The van der Waals surface area contributed by atoms with Gasteiger partial charge in [0.2, 0.25) is 0 Å². The molecule has 1 fully saturated rings. The minimum Gasteiger partial charge on any atom is -0.381 e. The van der Waals surface area contributed by atoms with Crippen LogP contribution in [-0.2, 0) is 17.7 Å². The van der Waals surface area contributed by atoms with Crippen LogP contribution in [0.2, 0.25) is 0 Å². The molecule has 1 N–H and O–H groups in total. The molecule has 0 aliphatic carbocycles. The second kappa shape index (κ2) is 7.66. The molecule has 2 heteroatoms. The van der Waals surface area contributed by atoms with Crippen LogP contribution in [0.4, 0.5) is 0 Å². The third-order valence-corrected chi connectivity index (χ3v) is 3.75. The molecule has 1 saturated heterocycles. The predicted molar refractivity (Wildman–Crippen MR) is 80.2 cm³/mol. The first-order valence-electron chi connectivity index (χ1n) is 7.60. The molecule has 19 heavy (non-hydrogen) atoms. The lowest BCUT2D eigenvalue weighted by molar-refractivity contribution is 0.184. The first kappa shape index (κ1) is 14.5. The molecule has 0 bridgehead atoms. The maximum Gasteiger partial charge on any atom is 0.0495 e. The first-order valence-corrected chi connectivity index (χ1v) is 7.60. The van der Waals surface area contributed by atoms with Crippen LogP contribution in [0, 0.1) is 11.8 Å². The normalized spacial score (nSPS) is 19.2. The SMILES string of the molecule is CC(C)Cc1ccc(CNCCC2CCOC2)cc1. The largest absolute Gasteiger partial charge is 0.381 e. The van der Waals surface area contributed by atoms with E-state index in [2.05, 4.69) is 43.4 Å². The van der Waals surface area contributed by atoms with Gasteiger partial charge in [0.05, 0.1) is 0 Å². The Kier molecular flexibility index (Phi) is 5.87. The summed E-state index contributed by atoms with van der Waals surface area (Å²) in [7, 11) is 0. The van der Waals surface area contributed by atoms with E-state index in [0.717, 1.165) is 38.1 Å². The molecule has 0 saturated carbocycles. The number of nitrogens with one attached hydrogen (secondary N) is 1. The smallest absolute Gasteiger partial charge is 0.0495 e. The summed E-state index contributed by atoms with van der Waals surface area (Å²) in [5.74, 6) is 1.51. The van der Waals surface area contributed by atoms with Crippen LogP contribution in [-0.4, -0.2) is 19.8 Å². The molecule has 1 heterocycles. The summed E-state index contributed by atoms with van der Waals surface area (Å²) in [6, 6.07) is 9.04. The van der Waals surface area contributed by atoms with E-state index >= 15 is 0 Å². The zero-order chi connectivity index (χ0) is 13.5. The van der Waals surface area contributed by atoms with E-state index in [-0.39, 0.29) is 0 Å². The molecule has 1 aromatic carbocycles. The summed E-state index contributed by atoms with van der Waals surface area (Å²) in [6.07, 6.45) is 3.66. The van der Waals surface area contributed by atoms with Gasteiger partial charge in [0.25, 0.3) is 0 Å². The highest BCUT2D eigenvalue weighted by Crippen LogP contribution is 2.15. The minimum atomic E-state index is 0.734. The fourth-order valence-electron chi connectivity index (χ4n) is 2.61. The van der Waals surface area contributed by atoms with Gasteiger partial charge in [-0.05, 0) is 48.8 Å². The third kappa shape index (κ3) is 5.33. The number of rotatable bonds is 7. The van der Waals surface area contributed by atoms with Gasteiger partial charge in [0.1, 0.15) is 0 Å². The Balaban J connectivity index is 1.65. The van der Waals surface area contributed by atoms with Crippen molar-refractivity contribution >= 4 is 0 Å². The molecule has 106 valence electrons. The Morgan fingerprint density at radius 2 is 1.95 bits per heavy atom. The number of hydrogen-bond donors (Lipinski definition) is 1. The Hall–Kier alpha value is -0.860. The topological polar surface area (TPSA) is 21.3 Å². The van der Waals surface area contributed by atoms with Crippen molar-refractivity contribution in [3.05, 3.63) is 35.4 Å². The quantitative estimate of drug-likeness (QED) is 0.760. The summed E-state index contributed by atoms with van der Waals surface area (Å²) in [6.45, 7) is 8.54. The van der Waals surface area contributed by atoms with E-state index in [4.69, 9.17) is 4.74 Å². The average Bonchev–Trinajstić information content (AvgIpc) is 2.89. The van der Waals surface area contributed by atoms with E-state index in [0.29, 0.717) is 0 Å². The third-order valence-electron chi connectivity index (χ3n) is 3.75. The van der Waals surface area contributed by atoms with Crippen LogP contribution in [0.5, 0.6) is 0 Å². The molecule has 2 nitrogen and oxygen atoms in total. The van der Waals surface area contributed by atoms with E-state index in [9.17, 15) is 0 Å². The molecule has 0 spiro atoms. The van der Waals surface area contributed by atoms with Crippen molar-refractivity contribution in [3.63, 3.8) is 0 Å². The highest BCUT2D eigenvalue weighted by atomic mass is 16.5. The van der Waals surface area contributed by atoms with Crippen LogP contribution < -0.4 is 5.32 Å². The van der Waals surface area contributed by atoms with Gasteiger partial charge in [-0.25, -0.2) is 0 Å². The van der Waals surface area contributed by atoms with Crippen LogP contribution in [0.25, 0.3) is 0 Å². The summed E-state index contributed by atoms with van der Waals surface area (Å²) >= 11 is 0. The second-order valence-corrected chi connectivity index (χ2v) is 6.11. The van der Waals surface area contributed by atoms with Crippen molar-refractivity contribution in [1.82, 2.24) is 5.32 Å². The molecule has 0 amide bonds. The van der Waals surface area contributed by atoms with E-state index in [1.807, 2.05) is 0 Å². The van der Waals surface area contributed by atoms with Gasteiger partial charge in [0, 0.05) is 19.8 Å². The standard InChI is InChI=1S/C17H27NO/c1-14(2)11-15-3-5-16(6-4-15)12-18-9-7-17-8-10-19-13-17/h3-6,14,17-18H,7-13H2,1-2H3. The van der Waals surface area contributed by atoms with E-state index in [1.54, 1.807) is 0 Å². The van der Waals surface area contributed by atoms with E-state index in [1.165, 1.54) is 30.4 Å². The van der Waals surface area contributed by atoms with Gasteiger partial charge in [-0.2, -0.15) is 0 Å². The first-order chi connectivity index (χ1) is 9.24. The van der Waals surface area contributed by atoms with E-state index < -0.39 is 0 Å². The Labute approximate surface area is 117 Å². The molecular weight excluding hydrogens is 234 g/mol. The maximum absolute atomic E-state index is 5.39. The van der Waals surface area contributed by atoms with Gasteiger partial charge in [-0.15, -0.1) is 0 Å². The molecule has 1 unspecified atom stereocenters. The molecule has 0 aromatic heterocycles. The van der Waals surface area contributed by atoms with Crippen LogP contribution in [0.3, 0.4) is 0 Å². The Morgan fingerprint density at radius 1 is 1.21 bits per heavy atom. The van der Waals surface area contributed by atoms with Crippen LogP contribution in [0.15, 0.2) is 24.3 Å². The van der Waals surface area contributed by atoms with Gasteiger partial charge in [-0.3, -0.25) is 0 Å². The van der Waals surface area contributed by atoms with Crippen molar-refractivity contribution in [2.75, 3.05) is 19.8 Å². The molecule has 1 atom stereocenters. The fourth-order valence-corrected chi connectivity index (χ4v) is 2.61. The minimum absolute atomic E-state index is 0.734. The zero-order valence-electron chi connectivity index (χ0n) is 12.3. The van der Waals surface area contributed by atoms with Crippen LogP contribution >= 0.6 is 0 Å². The van der Waals surface area contributed by atoms with Crippen molar-refractivity contribution < 1.29 is 4.74 Å². The summed E-state index contributed by atoms with van der Waals surface area (Å²) in [5, 5.41) is 3.53. The highest BCUT2D eigenvalue weighted by molar-refractivity contribution is 5.22. The van der Waals surface area contributed by atoms with Gasteiger partial charge in [0.15, 0.2) is 0 Å². The van der Waals surface area contributed by atoms with Gasteiger partial charge < -0.3 is 10.1 Å². The zero-order valence-corrected chi connectivity index (χ0v) is 12.3. The average molecular weight is 261 g/mol. The van der Waals surface area contributed by atoms with Crippen molar-refractivity contribution in [3.8, 4) is 0 Å². The Morgan fingerprint density at radius 3 is 2.58 bits per heavy atom. The molecular formula is C17H27NO. The summed E-state index contributed by atoms with van der Waals surface area (Å²) < 4.78 is 5.39. The predicted octanol–water partition coefficient (Wildman–Crippen LogP) is 3.40. The van der Waals surface area contributed by atoms with Crippen LogP contribution in [0.1, 0.15) is 37.8 Å². The summed E-state index contributed by atoms with van der Waals surface area (Å²) in [5.41, 5.74) is 2.83. The number of ether oxygens (including phenoxy) is 1. The molecule has 1 aliphatic heterocycles. The number of hydrogen-bond acceptors (Lipinski definition) is 2.